The van der Waals surface area contributed by atoms with Gasteiger partial charge < -0.3 is 5.11 Å². The highest BCUT2D eigenvalue weighted by atomic mass is 16.3. The van der Waals surface area contributed by atoms with Crippen molar-refractivity contribution in [1.82, 2.24) is 10.9 Å². The van der Waals surface area contributed by atoms with Crippen LogP contribution in [0.4, 0.5) is 0 Å². The van der Waals surface area contributed by atoms with E-state index in [1.165, 1.54) is 0 Å². The van der Waals surface area contributed by atoms with Crippen LogP contribution in [0.5, 0.6) is 0 Å². The Hall–Kier alpha value is -0.120. The van der Waals surface area contributed by atoms with Gasteiger partial charge in [0.1, 0.15) is 0 Å². The first-order valence-electron chi connectivity index (χ1n) is 2.28. The molecule has 3 nitrogen and oxygen atoms in total. The zero-order valence-electron chi connectivity index (χ0n) is 4.68. The van der Waals surface area contributed by atoms with Crippen LogP contribution < -0.4 is 10.9 Å². The first-order chi connectivity index (χ1) is 3.27. The van der Waals surface area contributed by atoms with E-state index in [1.807, 2.05) is 0 Å². The fourth-order valence-corrected chi connectivity index (χ4v) is 0.223. The monoisotopic (exact) mass is 103 g/mol. The lowest BCUT2D eigenvalue weighted by Gasteiger charge is -1.99. The highest BCUT2D eigenvalue weighted by molar-refractivity contribution is 4.44. The van der Waals surface area contributed by atoms with E-state index in [9.17, 15) is 0 Å². The van der Waals surface area contributed by atoms with Crippen LogP contribution in [0.1, 0.15) is 6.92 Å². The van der Waals surface area contributed by atoms with Crippen molar-refractivity contribution in [2.75, 3.05) is 13.6 Å². The molecule has 0 aromatic heterocycles. The Kier molecular flexibility index (Phi) is 3.98. The van der Waals surface area contributed by atoms with E-state index < -0.39 is 0 Å². The molecule has 1 radical (unpaired) electrons. The molecule has 0 aromatic rings. The molecule has 1 unspecified atom stereocenters. The van der Waals surface area contributed by atoms with Crippen LogP contribution in [0.3, 0.4) is 0 Å². The summed E-state index contributed by atoms with van der Waals surface area (Å²) in [6.45, 7) is 2.16. The SMILES string of the molecule is CN[N]CC(C)O. The standard InChI is InChI=1S/C4H11N2O/c1-4(7)3-6-5-2/h4-5,7H,3H2,1-2H3. The Labute approximate surface area is 43.7 Å². The highest BCUT2D eigenvalue weighted by Gasteiger charge is 1.90. The predicted molar refractivity (Wildman–Crippen MR) is 27.7 cm³/mol. The van der Waals surface area contributed by atoms with Crippen LogP contribution in [-0.4, -0.2) is 24.8 Å². The predicted octanol–water partition coefficient (Wildman–Crippen LogP) is -0.894. The second-order valence-corrected chi connectivity index (χ2v) is 1.41. The summed E-state index contributed by atoms with van der Waals surface area (Å²) >= 11 is 0. The molecule has 43 valence electrons. The molecule has 0 saturated carbocycles. The summed E-state index contributed by atoms with van der Waals surface area (Å²) in [4.78, 5) is 0. The number of aliphatic hydroxyl groups excluding tert-OH is 1. The van der Waals surface area contributed by atoms with E-state index in [0.29, 0.717) is 6.54 Å². The Morgan fingerprint density at radius 2 is 2.43 bits per heavy atom. The first kappa shape index (κ1) is 6.88. The third-order valence-electron chi connectivity index (χ3n) is 0.514. The maximum atomic E-state index is 8.55. The van der Waals surface area contributed by atoms with Crippen molar-refractivity contribution in [1.29, 1.82) is 0 Å². The molecule has 0 heterocycles. The molecular weight excluding hydrogens is 92.1 g/mol. The topological polar surface area (TPSA) is 46.4 Å². The van der Waals surface area contributed by atoms with Crippen molar-refractivity contribution >= 4 is 0 Å². The lowest BCUT2D eigenvalue weighted by molar-refractivity contribution is 0.185. The van der Waals surface area contributed by atoms with Gasteiger partial charge in [0.15, 0.2) is 0 Å². The van der Waals surface area contributed by atoms with E-state index in [-0.39, 0.29) is 6.10 Å². The van der Waals surface area contributed by atoms with Gasteiger partial charge >= 0.3 is 0 Å². The number of aliphatic hydroxyl groups is 1. The van der Waals surface area contributed by atoms with Crippen molar-refractivity contribution in [3.05, 3.63) is 0 Å². The third kappa shape index (κ3) is 5.88. The van der Waals surface area contributed by atoms with Crippen molar-refractivity contribution in [3.8, 4) is 0 Å². The lowest BCUT2D eigenvalue weighted by Crippen LogP contribution is -2.26. The summed E-state index contributed by atoms with van der Waals surface area (Å²) in [5.74, 6) is 0. The molecule has 0 rings (SSSR count). The molecule has 0 aromatic carbocycles. The molecule has 0 aliphatic heterocycles. The smallest absolute Gasteiger partial charge is 0.0668 e. The van der Waals surface area contributed by atoms with Gasteiger partial charge in [0, 0.05) is 7.05 Å². The van der Waals surface area contributed by atoms with Crippen LogP contribution in [0.15, 0.2) is 0 Å². The fraction of sp³-hybridized carbons (Fsp3) is 1.00. The first-order valence-corrected chi connectivity index (χ1v) is 2.28. The van der Waals surface area contributed by atoms with Gasteiger partial charge in [0.25, 0.3) is 0 Å². The normalized spacial score (nSPS) is 14.1. The molecule has 1 atom stereocenters. The minimum Gasteiger partial charge on any atom is -0.392 e. The maximum Gasteiger partial charge on any atom is 0.0668 e. The Bertz CT molecular complexity index is 38.7. The minimum absolute atomic E-state index is 0.326. The van der Waals surface area contributed by atoms with E-state index in [2.05, 4.69) is 10.9 Å². The van der Waals surface area contributed by atoms with E-state index in [4.69, 9.17) is 5.11 Å². The summed E-state index contributed by atoms with van der Waals surface area (Å²) in [6, 6.07) is 0. The molecule has 0 aliphatic rings. The van der Waals surface area contributed by atoms with Crippen LogP contribution in [-0.2, 0) is 0 Å². The lowest BCUT2D eigenvalue weighted by atomic mass is 10.4. The van der Waals surface area contributed by atoms with E-state index in [1.54, 1.807) is 14.0 Å². The molecule has 3 heteroatoms. The second kappa shape index (κ2) is 4.05. The summed E-state index contributed by atoms with van der Waals surface area (Å²) in [7, 11) is 1.71. The van der Waals surface area contributed by atoms with Gasteiger partial charge in [-0.3, -0.25) is 0 Å². The van der Waals surface area contributed by atoms with E-state index in [0.717, 1.165) is 0 Å². The van der Waals surface area contributed by atoms with Gasteiger partial charge in [-0.2, -0.15) is 5.43 Å². The van der Waals surface area contributed by atoms with Gasteiger partial charge in [-0.15, -0.1) is 0 Å². The summed E-state index contributed by atoms with van der Waals surface area (Å²) in [6.07, 6.45) is -0.326. The molecular formula is C4H11N2O. The van der Waals surface area contributed by atoms with Crippen molar-refractivity contribution < 1.29 is 5.11 Å². The maximum absolute atomic E-state index is 8.55. The van der Waals surface area contributed by atoms with E-state index >= 15 is 0 Å². The zero-order valence-corrected chi connectivity index (χ0v) is 4.68. The Morgan fingerprint density at radius 3 is 2.57 bits per heavy atom. The molecule has 0 spiro atoms. The van der Waals surface area contributed by atoms with Gasteiger partial charge in [0.2, 0.25) is 0 Å². The van der Waals surface area contributed by atoms with Crippen molar-refractivity contribution in [3.63, 3.8) is 0 Å². The van der Waals surface area contributed by atoms with Crippen LogP contribution >= 0.6 is 0 Å². The van der Waals surface area contributed by atoms with Gasteiger partial charge in [-0.1, -0.05) is 0 Å². The molecule has 2 N–H and O–H groups in total. The molecule has 0 aliphatic carbocycles. The molecule has 7 heavy (non-hydrogen) atoms. The van der Waals surface area contributed by atoms with Crippen molar-refractivity contribution in [2.24, 2.45) is 0 Å². The number of nitrogens with zero attached hydrogens (tertiary/aromatic N) is 1. The highest BCUT2D eigenvalue weighted by Crippen LogP contribution is 1.71. The average molecular weight is 103 g/mol. The number of nitrogens with one attached hydrogen (secondary N) is 1. The average Bonchev–Trinajstić information content (AvgIpc) is 1.61. The quantitative estimate of drug-likeness (QED) is 0.455. The van der Waals surface area contributed by atoms with Gasteiger partial charge in [-0.05, 0) is 6.92 Å². The van der Waals surface area contributed by atoms with Crippen LogP contribution in [0.25, 0.3) is 0 Å². The molecule has 0 fully saturated rings. The second-order valence-electron chi connectivity index (χ2n) is 1.41. The number of hydrogen-bond donors (Lipinski definition) is 2. The largest absolute Gasteiger partial charge is 0.392 e. The Morgan fingerprint density at radius 1 is 1.86 bits per heavy atom. The molecule has 0 amide bonds. The number of hydrogen-bond acceptors (Lipinski definition) is 2. The van der Waals surface area contributed by atoms with Crippen LogP contribution in [0, 0.1) is 0 Å². The minimum atomic E-state index is -0.326. The van der Waals surface area contributed by atoms with Crippen LogP contribution in [0.2, 0.25) is 0 Å². The number of rotatable bonds is 3. The summed E-state index contributed by atoms with van der Waals surface area (Å²) in [5.41, 5.74) is 6.24. The van der Waals surface area contributed by atoms with Gasteiger partial charge in [0.05, 0.1) is 12.6 Å². The summed E-state index contributed by atoms with van der Waals surface area (Å²) in [5, 5.41) is 8.55. The molecule has 0 bridgehead atoms. The zero-order chi connectivity index (χ0) is 5.70. The summed E-state index contributed by atoms with van der Waals surface area (Å²) < 4.78 is 0. The van der Waals surface area contributed by atoms with Crippen molar-refractivity contribution in [2.45, 2.75) is 13.0 Å². The fourth-order valence-electron chi connectivity index (χ4n) is 0.223. The van der Waals surface area contributed by atoms with Gasteiger partial charge in [-0.25, -0.2) is 5.43 Å². The molecule has 0 saturated heterocycles. The Balaban J connectivity index is 2.68. The third-order valence-corrected chi connectivity index (χ3v) is 0.514.